The molecule has 0 saturated carbocycles. The summed E-state index contributed by atoms with van der Waals surface area (Å²) in [7, 11) is 0. The van der Waals surface area contributed by atoms with Crippen molar-refractivity contribution in [1.29, 1.82) is 0 Å². The summed E-state index contributed by atoms with van der Waals surface area (Å²) in [6.07, 6.45) is 31.4. The highest BCUT2D eigenvalue weighted by atomic mass is 16.1. The maximum absolute atomic E-state index is 10.4. The maximum Gasteiger partial charge on any atom is 0.145 e. The predicted molar refractivity (Wildman–Crippen MR) is 122 cm³/mol. The van der Waals surface area contributed by atoms with E-state index >= 15 is 0 Å². The van der Waals surface area contributed by atoms with Crippen LogP contribution in [0.1, 0.15) is 148 Å². The molecule has 0 saturated heterocycles. The van der Waals surface area contributed by atoms with Crippen LogP contribution in [0.25, 0.3) is 0 Å². The average Bonchev–Trinajstić information content (AvgIpc) is 2.68. The first-order chi connectivity index (χ1) is 13.3. The van der Waals surface area contributed by atoms with Gasteiger partial charge in [0.2, 0.25) is 0 Å². The summed E-state index contributed by atoms with van der Waals surface area (Å²) in [4.78, 5) is 10.4. The van der Waals surface area contributed by atoms with Gasteiger partial charge < -0.3 is 0 Å². The molecule has 1 nitrogen and oxygen atoms in total. The van der Waals surface area contributed by atoms with E-state index < -0.39 is 0 Å². The van der Waals surface area contributed by atoms with Crippen LogP contribution in [0, 0.1) is 0 Å². The summed E-state index contributed by atoms with van der Waals surface area (Å²) in [5.41, 5.74) is 0.757. The largest absolute Gasteiger partial charge is 0.298 e. The Morgan fingerprint density at radius 1 is 0.519 bits per heavy atom. The van der Waals surface area contributed by atoms with Crippen LogP contribution in [0.5, 0.6) is 0 Å². The smallest absolute Gasteiger partial charge is 0.145 e. The molecule has 0 aromatic carbocycles. The fraction of sp³-hybridized carbons (Fsp3) is 0.885. The Morgan fingerprint density at radius 2 is 0.778 bits per heavy atom. The van der Waals surface area contributed by atoms with Crippen molar-refractivity contribution in [2.75, 3.05) is 0 Å². The van der Waals surface area contributed by atoms with Crippen molar-refractivity contribution < 1.29 is 4.79 Å². The first-order valence-corrected chi connectivity index (χ1v) is 12.4. The zero-order chi connectivity index (χ0) is 19.8. The molecule has 0 radical (unpaired) electrons. The van der Waals surface area contributed by atoms with Gasteiger partial charge in [0.05, 0.1) is 0 Å². The molecule has 0 aliphatic carbocycles. The molecule has 1 heteroatoms. The number of carbonyl (C=O) groups is 1. The molecule has 0 aromatic rings. The Bertz CT molecular complexity index is 307. The third-order valence-electron chi connectivity index (χ3n) is 5.77. The van der Waals surface area contributed by atoms with Gasteiger partial charge in [0.1, 0.15) is 6.29 Å². The molecule has 160 valence electrons. The lowest BCUT2D eigenvalue weighted by atomic mass is 10.0. The summed E-state index contributed by atoms with van der Waals surface area (Å²) < 4.78 is 0. The predicted octanol–water partition coefficient (Wildman–Crippen LogP) is 9.34. The third-order valence-corrected chi connectivity index (χ3v) is 5.77. The van der Waals surface area contributed by atoms with Crippen molar-refractivity contribution in [3.05, 3.63) is 12.2 Å². The van der Waals surface area contributed by atoms with Crippen LogP contribution in [0.3, 0.4) is 0 Å². The number of hydrogen-bond donors (Lipinski definition) is 0. The van der Waals surface area contributed by atoms with E-state index in [1.165, 1.54) is 128 Å². The van der Waals surface area contributed by atoms with E-state index in [2.05, 4.69) is 13.5 Å². The molecule has 27 heavy (non-hydrogen) atoms. The number of aldehydes is 1. The van der Waals surface area contributed by atoms with Crippen molar-refractivity contribution in [2.24, 2.45) is 0 Å². The van der Waals surface area contributed by atoms with Gasteiger partial charge in [-0.2, -0.15) is 0 Å². The number of carbonyl (C=O) groups excluding carboxylic acids is 1. The summed E-state index contributed by atoms with van der Waals surface area (Å²) in [6, 6.07) is 0. The lowest BCUT2D eigenvalue weighted by molar-refractivity contribution is -0.105. The zero-order valence-electron chi connectivity index (χ0n) is 18.7. The van der Waals surface area contributed by atoms with Crippen molar-refractivity contribution in [3.63, 3.8) is 0 Å². The monoisotopic (exact) mass is 378 g/mol. The molecule has 0 aliphatic rings. The average molecular weight is 379 g/mol. The summed E-state index contributed by atoms with van der Waals surface area (Å²) in [5.74, 6) is 0. The molecule has 0 bridgehead atoms. The lowest BCUT2D eigenvalue weighted by Crippen LogP contribution is -1.85. The Labute approximate surface area is 171 Å². The van der Waals surface area contributed by atoms with Gasteiger partial charge >= 0.3 is 0 Å². The molecule has 0 aliphatic heterocycles. The maximum atomic E-state index is 10.4. The topological polar surface area (TPSA) is 17.1 Å². The van der Waals surface area contributed by atoms with Crippen molar-refractivity contribution in [2.45, 2.75) is 148 Å². The fourth-order valence-electron chi connectivity index (χ4n) is 3.84. The fourth-order valence-corrected chi connectivity index (χ4v) is 3.84. The minimum atomic E-state index is 0.757. The molecule has 0 heterocycles. The van der Waals surface area contributed by atoms with Crippen LogP contribution >= 0.6 is 0 Å². The van der Waals surface area contributed by atoms with E-state index in [0.29, 0.717) is 0 Å². The van der Waals surface area contributed by atoms with Crippen molar-refractivity contribution in [3.8, 4) is 0 Å². The quantitative estimate of drug-likeness (QED) is 0.0982. The van der Waals surface area contributed by atoms with Gasteiger partial charge in [0.15, 0.2) is 0 Å². The van der Waals surface area contributed by atoms with E-state index in [4.69, 9.17) is 0 Å². The SMILES string of the molecule is C=C(C=O)CCCCCCCCCCCCCCCCCCCCCCC. The van der Waals surface area contributed by atoms with Crippen LogP contribution < -0.4 is 0 Å². The molecule has 0 spiro atoms. The first-order valence-electron chi connectivity index (χ1n) is 12.4. The van der Waals surface area contributed by atoms with Crippen molar-refractivity contribution >= 4 is 6.29 Å². The Morgan fingerprint density at radius 3 is 1.04 bits per heavy atom. The zero-order valence-corrected chi connectivity index (χ0v) is 18.7. The number of hydrogen-bond acceptors (Lipinski definition) is 1. The summed E-state index contributed by atoms with van der Waals surface area (Å²) in [5, 5.41) is 0. The molecule has 0 fully saturated rings. The van der Waals surface area contributed by atoms with E-state index in [0.717, 1.165) is 24.7 Å². The third kappa shape index (κ3) is 23.4. The van der Waals surface area contributed by atoms with E-state index in [-0.39, 0.29) is 0 Å². The Hall–Kier alpha value is -0.590. The summed E-state index contributed by atoms with van der Waals surface area (Å²) >= 11 is 0. The van der Waals surface area contributed by atoms with Crippen LogP contribution in [-0.2, 0) is 4.79 Å². The molecular formula is C26H50O. The highest BCUT2D eigenvalue weighted by Crippen LogP contribution is 2.15. The van der Waals surface area contributed by atoms with Gasteiger partial charge in [-0.15, -0.1) is 0 Å². The molecule has 0 N–H and O–H groups in total. The van der Waals surface area contributed by atoms with Gasteiger partial charge in [0, 0.05) is 0 Å². The Balaban J connectivity index is 3.01. The van der Waals surface area contributed by atoms with Crippen LogP contribution in [-0.4, -0.2) is 6.29 Å². The van der Waals surface area contributed by atoms with E-state index in [1.54, 1.807) is 0 Å². The molecule has 0 atom stereocenters. The molecular weight excluding hydrogens is 328 g/mol. The lowest BCUT2D eigenvalue weighted by Gasteiger charge is -2.04. The van der Waals surface area contributed by atoms with Crippen LogP contribution in [0.4, 0.5) is 0 Å². The van der Waals surface area contributed by atoms with Crippen molar-refractivity contribution in [1.82, 2.24) is 0 Å². The van der Waals surface area contributed by atoms with Gasteiger partial charge in [-0.05, 0) is 18.4 Å². The van der Waals surface area contributed by atoms with Gasteiger partial charge in [-0.25, -0.2) is 0 Å². The molecule has 0 unspecified atom stereocenters. The van der Waals surface area contributed by atoms with Crippen LogP contribution in [0.2, 0.25) is 0 Å². The Kier molecular flexibility index (Phi) is 22.9. The first kappa shape index (κ1) is 26.4. The van der Waals surface area contributed by atoms with Gasteiger partial charge in [0.25, 0.3) is 0 Å². The highest BCUT2D eigenvalue weighted by molar-refractivity contribution is 5.71. The van der Waals surface area contributed by atoms with Gasteiger partial charge in [-0.3, -0.25) is 4.79 Å². The molecule has 0 rings (SSSR count). The van der Waals surface area contributed by atoms with E-state index in [1.807, 2.05) is 0 Å². The highest BCUT2D eigenvalue weighted by Gasteiger charge is 1.96. The molecule has 0 aromatic heterocycles. The number of unbranched alkanes of at least 4 members (excludes halogenated alkanes) is 20. The second kappa shape index (κ2) is 23.4. The molecule has 0 amide bonds. The minimum Gasteiger partial charge on any atom is -0.298 e. The van der Waals surface area contributed by atoms with Crippen LogP contribution in [0.15, 0.2) is 12.2 Å². The summed E-state index contributed by atoms with van der Waals surface area (Å²) in [6.45, 7) is 6.02. The number of rotatable bonds is 23. The second-order valence-corrected chi connectivity index (χ2v) is 8.60. The van der Waals surface area contributed by atoms with Gasteiger partial charge in [-0.1, -0.05) is 142 Å². The minimum absolute atomic E-state index is 0.757. The second-order valence-electron chi connectivity index (χ2n) is 8.60. The van der Waals surface area contributed by atoms with E-state index in [9.17, 15) is 4.79 Å². The number of allylic oxidation sites excluding steroid dienone is 1. The normalized spacial score (nSPS) is 11.0. The standard InChI is InChI=1S/C26H50O/c1-3-4-5-6-7-8-9-10-11-12-13-14-15-16-17-18-19-20-21-22-23-24-26(2)25-27/h25H,2-24H2,1H3.